The molecule has 0 aromatic carbocycles. The van der Waals surface area contributed by atoms with Crippen LogP contribution in [0.1, 0.15) is 0 Å². The first-order chi connectivity index (χ1) is 5.91. The van der Waals surface area contributed by atoms with Gasteiger partial charge < -0.3 is 0 Å². The molecule has 0 bridgehead atoms. The van der Waals surface area contributed by atoms with E-state index in [1.807, 2.05) is 0 Å². The van der Waals surface area contributed by atoms with Crippen molar-refractivity contribution in [2.75, 3.05) is 0 Å². The van der Waals surface area contributed by atoms with Crippen LogP contribution in [0.5, 0.6) is 0 Å². The van der Waals surface area contributed by atoms with Gasteiger partial charge >= 0.3 is 18.3 Å². The Morgan fingerprint density at radius 2 is 0.929 bits per heavy atom. The lowest BCUT2D eigenvalue weighted by atomic mass is 10.3. The molecule has 0 spiro atoms. The average Bonchev–Trinajstić information content (AvgIpc) is 1.83. The summed E-state index contributed by atoms with van der Waals surface area (Å²) in [6.07, 6.45) is -13.2. The highest BCUT2D eigenvalue weighted by atomic mass is 32.1. The predicted molar refractivity (Wildman–Crippen MR) is 30.3 cm³/mol. The molecule has 0 N–H and O–H groups in total. The first-order valence-corrected chi connectivity index (χ1v) is 2.83. The third kappa shape index (κ3) is 3.97. The molecular weight excluding hydrogens is 248 g/mol. The van der Waals surface area contributed by atoms with Crippen LogP contribution in [0, 0.1) is 0 Å². The molecule has 0 heterocycles. The van der Waals surface area contributed by atoms with Crippen molar-refractivity contribution < 1.29 is 39.9 Å². The Labute approximate surface area is 76.7 Å². The predicted octanol–water partition coefficient (Wildman–Crippen LogP) is 3.00. The fraction of sp³-hybridized carbons (Fsp3) is 0.750. The molecule has 0 aliphatic carbocycles. The van der Waals surface area contributed by atoms with Crippen LogP contribution in [0.3, 0.4) is 0 Å². The van der Waals surface area contributed by atoms with E-state index in [4.69, 9.17) is 4.79 Å². The summed E-state index contributed by atoms with van der Waals surface area (Å²) >= 11 is 3.59. The van der Waals surface area contributed by atoms with Gasteiger partial charge in [0.1, 0.15) is 0 Å². The first-order valence-electron chi connectivity index (χ1n) is 2.42. The lowest BCUT2D eigenvalue weighted by molar-refractivity contribution is -0.389. The number of hydrogen-bond donors (Lipinski definition) is 0. The highest BCUT2D eigenvalue weighted by Crippen LogP contribution is 2.46. The summed E-state index contributed by atoms with van der Waals surface area (Å²) in [6.45, 7) is 0. The Kier molecular flexibility index (Phi) is 5.21. The zero-order valence-corrected chi connectivity index (χ0v) is 6.66. The zero-order valence-electron chi connectivity index (χ0n) is 5.84. The van der Waals surface area contributed by atoms with Crippen LogP contribution in [0.2, 0.25) is 0 Å². The SMILES string of the molecule is FC(F)(F)C(F)(F)C(F)(F)F.O=C=S. The first kappa shape index (κ1) is 15.7. The van der Waals surface area contributed by atoms with Crippen molar-refractivity contribution in [3.8, 4) is 0 Å². The monoisotopic (exact) mass is 248 g/mol. The van der Waals surface area contributed by atoms with E-state index in [1.54, 1.807) is 0 Å². The zero-order chi connectivity index (χ0) is 12.2. The minimum atomic E-state index is -6.62. The maximum absolute atomic E-state index is 11.2. The van der Waals surface area contributed by atoms with Crippen molar-refractivity contribution in [3.63, 3.8) is 0 Å². The standard InChI is InChI=1S/C3F8.COS/c4-1(5,2(6,7)8)3(9,10)11;2-1-3. The largest absolute Gasteiger partial charge is 0.463 e. The van der Waals surface area contributed by atoms with Crippen molar-refractivity contribution >= 4 is 17.5 Å². The molecule has 0 amide bonds. The number of halogens is 8. The lowest BCUT2D eigenvalue weighted by Crippen LogP contribution is -2.49. The quantitative estimate of drug-likeness (QED) is 0.484. The van der Waals surface area contributed by atoms with Crippen molar-refractivity contribution in [1.29, 1.82) is 0 Å². The molecule has 0 unspecified atom stereocenters. The second-order valence-corrected chi connectivity index (χ2v) is 1.82. The van der Waals surface area contributed by atoms with Crippen molar-refractivity contribution in [1.82, 2.24) is 0 Å². The molecule has 0 saturated carbocycles. The van der Waals surface area contributed by atoms with Gasteiger partial charge in [-0.05, 0) is 0 Å². The summed E-state index contributed by atoms with van der Waals surface area (Å²) in [5.74, 6) is -6.62. The fourth-order valence-corrected chi connectivity index (χ4v) is 0.161. The number of alkyl halides is 8. The van der Waals surface area contributed by atoms with Crippen LogP contribution in [0.4, 0.5) is 35.1 Å². The van der Waals surface area contributed by atoms with Gasteiger partial charge in [-0.1, -0.05) is 0 Å². The maximum Gasteiger partial charge on any atom is 0.463 e. The third-order valence-corrected chi connectivity index (χ3v) is 0.712. The molecule has 0 aliphatic rings. The summed E-state index contributed by atoms with van der Waals surface area (Å²) in [4.78, 5) is 8.50. The highest BCUT2D eigenvalue weighted by molar-refractivity contribution is 7.78. The average molecular weight is 248 g/mol. The van der Waals surface area contributed by atoms with E-state index < -0.39 is 18.3 Å². The Morgan fingerprint density at radius 1 is 0.786 bits per heavy atom. The van der Waals surface area contributed by atoms with Crippen molar-refractivity contribution in [3.05, 3.63) is 0 Å². The van der Waals surface area contributed by atoms with Gasteiger partial charge in [0.25, 0.3) is 0 Å². The Hall–Kier alpha value is -0.760. The molecule has 0 fully saturated rings. The molecule has 1 nitrogen and oxygen atoms in total. The van der Waals surface area contributed by atoms with Gasteiger partial charge in [-0.2, -0.15) is 35.1 Å². The lowest BCUT2D eigenvalue weighted by Gasteiger charge is -2.21. The maximum atomic E-state index is 11.2. The summed E-state index contributed by atoms with van der Waals surface area (Å²) in [5, 5.41) is 1.08. The minimum Gasteiger partial charge on any atom is -0.220 e. The summed E-state index contributed by atoms with van der Waals surface area (Å²) < 4.78 is 87.5. The topological polar surface area (TPSA) is 17.1 Å². The normalized spacial score (nSPS) is 12.6. The smallest absolute Gasteiger partial charge is 0.220 e. The number of thiocarbonyl (C=S) groups is 1. The van der Waals surface area contributed by atoms with E-state index in [0.717, 1.165) is 5.23 Å². The van der Waals surface area contributed by atoms with Crippen LogP contribution < -0.4 is 0 Å². The molecule has 0 aliphatic heterocycles. The van der Waals surface area contributed by atoms with Gasteiger partial charge in [0.15, 0.2) is 0 Å². The second kappa shape index (κ2) is 4.65. The van der Waals surface area contributed by atoms with E-state index in [9.17, 15) is 35.1 Å². The van der Waals surface area contributed by atoms with Gasteiger partial charge in [0.05, 0.1) is 0 Å². The Morgan fingerprint density at radius 3 is 0.929 bits per heavy atom. The van der Waals surface area contributed by atoms with Gasteiger partial charge in [-0.25, -0.2) is 4.79 Å². The summed E-state index contributed by atoms with van der Waals surface area (Å²) in [7, 11) is 0. The molecule has 14 heavy (non-hydrogen) atoms. The molecule has 0 rings (SSSR count). The van der Waals surface area contributed by atoms with E-state index >= 15 is 0 Å². The molecular formula is C4F8OS. The molecule has 84 valence electrons. The van der Waals surface area contributed by atoms with Gasteiger partial charge in [0.2, 0.25) is 5.23 Å². The van der Waals surface area contributed by atoms with Crippen LogP contribution in [-0.4, -0.2) is 23.5 Å². The van der Waals surface area contributed by atoms with Crippen LogP contribution in [-0.2, 0) is 4.79 Å². The highest BCUT2D eigenvalue weighted by Gasteiger charge is 2.74. The second-order valence-electron chi connectivity index (χ2n) is 1.65. The van der Waals surface area contributed by atoms with E-state index in [1.165, 1.54) is 0 Å². The molecule has 10 heteroatoms. The van der Waals surface area contributed by atoms with Crippen molar-refractivity contribution in [2.24, 2.45) is 0 Å². The van der Waals surface area contributed by atoms with E-state index in [-0.39, 0.29) is 0 Å². The van der Waals surface area contributed by atoms with Crippen LogP contribution in [0.15, 0.2) is 0 Å². The number of rotatable bonds is 0. The molecule has 0 aromatic rings. The summed E-state index contributed by atoms with van der Waals surface area (Å²) in [5.41, 5.74) is 0. The van der Waals surface area contributed by atoms with Gasteiger partial charge in [-0.3, -0.25) is 0 Å². The fourth-order valence-electron chi connectivity index (χ4n) is 0.161. The molecule has 0 atom stereocenters. The molecule has 0 saturated heterocycles. The Bertz CT molecular complexity index is 192. The molecule has 0 radical (unpaired) electrons. The number of hydrogen-bond acceptors (Lipinski definition) is 2. The van der Waals surface area contributed by atoms with Gasteiger partial charge in [0, 0.05) is 12.2 Å². The molecule has 0 aromatic heterocycles. The van der Waals surface area contributed by atoms with Crippen LogP contribution >= 0.6 is 12.2 Å². The summed E-state index contributed by atoms with van der Waals surface area (Å²) in [6, 6.07) is 0. The Balaban J connectivity index is 0. The van der Waals surface area contributed by atoms with E-state index in [2.05, 4.69) is 12.2 Å². The minimum absolute atomic E-state index is 1.08. The van der Waals surface area contributed by atoms with Crippen LogP contribution in [0.25, 0.3) is 0 Å². The van der Waals surface area contributed by atoms with E-state index in [0.29, 0.717) is 0 Å². The van der Waals surface area contributed by atoms with Crippen molar-refractivity contribution in [2.45, 2.75) is 18.3 Å². The van der Waals surface area contributed by atoms with Gasteiger partial charge in [-0.15, -0.1) is 0 Å². The number of carbonyl (C=O) groups excluding carboxylic acids is 1. The third-order valence-electron chi connectivity index (χ3n) is 0.712.